The molecule has 1 aromatic carbocycles. The minimum absolute atomic E-state index is 0.212. The summed E-state index contributed by atoms with van der Waals surface area (Å²) < 4.78 is 61.9. The van der Waals surface area contributed by atoms with Crippen LogP contribution in [0.15, 0.2) is 22.7 Å². The molecule has 0 aliphatic heterocycles. The van der Waals surface area contributed by atoms with Crippen molar-refractivity contribution in [2.75, 3.05) is 6.61 Å². The van der Waals surface area contributed by atoms with Crippen LogP contribution in [0.5, 0.6) is 0 Å². The molecule has 8 heteroatoms. The second-order valence-electron chi connectivity index (χ2n) is 7.40. The third kappa shape index (κ3) is 4.39. The van der Waals surface area contributed by atoms with Crippen molar-refractivity contribution in [2.45, 2.75) is 57.0 Å². The maximum atomic E-state index is 14.7. The highest BCUT2D eigenvalue weighted by Crippen LogP contribution is 2.39. The third-order valence-corrected chi connectivity index (χ3v) is 9.66. The first-order valence-corrected chi connectivity index (χ1v) is 11.2. The zero-order valence-electron chi connectivity index (χ0n) is 14.5. The van der Waals surface area contributed by atoms with Gasteiger partial charge in [0.1, 0.15) is 17.5 Å². The smallest absolute Gasteiger partial charge is 0.263 e. The van der Waals surface area contributed by atoms with E-state index in [1.54, 1.807) is 0 Å². The molecule has 0 aliphatic carbocycles. The summed E-state index contributed by atoms with van der Waals surface area (Å²) in [4.78, 5) is 0. The lowest BCUT2D eigenvalue weighted by atomic mass is 9.86. The Kier molecular flexibility index (Phi) is 6.69. The molecule has 0 spiro atoms. The molecule has 138 valence electrons. The standard InChI is InChI=1S/C16H24BrF4NOSi/c1-15(2,3)24(4,5)23-9-13(19)16(22,14(20)21)11-8-10(17)6-7-12(11)18/h6-8,13-14H,9,22H2,1-5H3/t13-,16-/m1/s1. The Morgan fingerprint density at radius 3 is 2.21 bits per heavy atom. The summed E-state index contributed by atoms with van der Waals surface area (Å²) in [5.41, 5.74) is 2.31. The Morgan fingerprint density at radius 2 is 1.75 bits per heavy atom. The van der Waals surface area contributed by atoms with Crippen molar-refractivity contribution in [3.63, 3.8) is 0 Å². The maximum absolute atomic E-state index is 14.7. The van der Waals surface area contributed by atoms with Crippen LogP contribution < -0.4 is 5.73 Å². The van der Waals surface area contributed by atoms with Crippen LogP contribution in [0.3, 0.4) is 0 Å². The van der Waals surface area contributed by atoms with Crippen molar-refractivity contribution in [3.8, 4) is 0 Å². The quantitative estimate of drug-likeness (QED) is 0.487. The van der Waals surface area contributed by atoms with E-state index in [1.165, 1.54) is 6.07 Å². The van der Waals surface area contributed by atoms with Crippen LogP contribution in [0.2, 0.25) is 18.1 Å². The van der Waals surface area contributed by atoms with Gasteiger partial charge in [-0.15, -0.1) is 0 Å². The highest BCUT2D eigenvalue weighted by molar-refractivity contribution is 9.10. The monoisotopic (exact) mass is 429 g/mol. The summed E-state index contributed by atoms with van der Waals surface area (Å²) in [7, 11) is -2.35. The van der Waals surface area contributed by atoms with E-state index < -0.39 is 44.4 Å². The summed E-state index contributed by atoms with van der Waals surface area (Å²) in [6, 6.07) is 3.40. The molecule has 0 saturated carbocycles. The van der Waals surface area contributed by atoms with E-state index in [0.717, 1.165) is 12.1 Å². The van der Waals surface area contributed by atoms with Crippen LogP contribution in [0.25, 0.3) is 0 Å². The van der Waals surface area contributed by atoms with Gasteiger partial charge in [-0.2, -0.15) is 0 Å². The molecule has 2 nitrogen and oxygen atoms in total. The number of benzene rings is 1. The Labute approximate surface area is 150 Å². The number of nitrogens with two attached hydrogens (primary N) is 1. The van der Waals surface area contributed by atoms with Crippen LogP contribution in [-0.2, 0) is 9.96 Å². The normalized spacial score (nSPS) is 17.0. The molecule has 1 aromatic rings. The first kappa shape index (κ1) is 21.6. The van der Waals surface area contributed by atoms with Crippen molar-refractivity contribution in [1.82, 2.24) is 0 Å². The number of rotatable bonds is 6. The fourth-order valence-electron chi connectivity index (χ4n) is 1.89. The van der Waals surface area contributed by atoms with Gasteiger partial charge in [0.15, 0.2) is 8.32 Å². The molecule has 0 unspecified atom stereocenters. The first-order chi connectivity index (χ1) is 10.7. The fraction of sp³-hybridized carbons (Fsp3) is 0.625. The highest BCUT2D eigenvalue weighted by Gasteiger charge is 2.49. The lowest BCUT2D eigenvalue weighted by Gasteiger charge is -2.39. The molecule has 24 heavy (non-hydrogen) atoms. The van der Waals surface area contributed by atoms with Gasteiger partial charge in [0.2, 0.25) is 0 Å². The Bertz CT molecular complexity index is 580. The van der Waals surface area contributed by atoms with Gasteiger partial charge in [-0.3, -0.25) is 0 Å². The first-order valence-electron chi connectivity index (χ1n) is 7.54. The Balaban J connectivity index is 3.14. The van der Waals surface area contributed by atoms with Gasteiger partial charge in [-0.25, -0.2) is 17.6 Å². The van der Waals surface area contributed by atoms with Gasteiger partial charge in [0.05, 0.1) is 6.61 Å². The summed E-state index contributed by atoms with van der Waals surface area (Å²) in [5.74, 6) is -0.976. The van der Waals surface area contributed by atoms with E-state index in [0.29, 0.717) is 4.47 Å². The van der Waals surface area contributed by atoms with E-state index in [4.69, 9.17) is 10.2 Å². The van der Waals surface area contributed by atoms with Crippen LogP contribution in [0, 0.1) is 5.82 Å². The zero-order chi connectivity index (χ0) is 18.9. The SMILES string of the molecule is CC(C)(C)[Si](C)(C)OC[C@@H](F)[C@](N)(c1cc(Br)ccc1F)C(F)F. The molecule has 0 heterocycles. The minimum Gasteiger partial charge on any atom is -0.414 e. The Morgan fingerprint density at radius 1 is 1.21 bits per heavy atom. The summed E-state index contributed by atoms with van der Waals surface area (Å²) in [6.07, 6.45) is -5.55. The van der Waals surface area contributed by atoms with Gasteiger partial charge < -0.3 is 10.2 Å². The maximum Gasteiger partial charge on any atom is 0.263 e. The average Bonchev–Trinajstić information content (AvgIpc) is 2.45. The van der Waals surface area contributed by atoms with Crippen molar-refractivity contribution in [2.24, 2.45) is 5.73 Å². The molecular weight excluding hydrogens is 406 g/mol. The fourth-order valence-corrected chi connectivity index (χ4v) is 3.25. The van der Waals surface area contributed by atoms with Gasteiger partial charge >= 0.3 is 0 Å². The van der Waals surface area contributed by atoms with Gasteiger partial charge in [0.25, 0.3) is 6.43 Å². The molecule has 0 bridgehead atoms. The molecule has 0 saturated heterocycles. The topological polar surface area (TPSA) is 35.2 Å². The van der Waals surface area contributed by atoms with Crippen molar-refractivity contribution in [3.05, 3.63) is 34.1 Å². The van der Waals surface area contributed by atoms with E-state index >= 15 is 0 Å². The van der Waals surface area contributed by atoms with E-state index in [2.05, 4.69) is 15.9 Å². The van der Waals surface area contributed by atoms with E-state index in [-0.39, 0.29) is 5.04 Å². The van der Waals surface area contributed by atoms with Crippen molar-refractivity contribution >= 4 is 24.2 Å². The van der Waals surface area contributed by atoms with Gasteiger partial charge in [-0.05, 0) is 36.3 Å². The second-order valence-corrected chi connectivity index (χ2v) is 13.1. The van der Waals surface area contributed by atoms with Gasteiger partial charge in [0, 0.05) is 10.0 Å². The predicted molar refractivity (Wildman–Crippen MR) is 94.0 cm³/mol. The second kappa shape index (κ2) is 7.43. The molecule has 2 atom stereocenters. The molecule has 0 fully saturated rings. The van der Waals surface area contributed by atoms with Crippen LogP contribution in [-0.4, -0.2) is 27.5 Å². The number of halogens is 5. The molecule has 0 aromatic heterocycles. The van der Waals surface area contributed by atoms with Crippen LogP contribution in [0.1, 0.15) is 26.3 Å². The average molecular weight is 430 g/mol. The lowest BCUT2D eigenvalue weighted by molar-refractivity contribution is -0.0181. The molecule has 0 radical (unpaired) electrons. The molecular formula is C16H24BrF4NOSi. The molecule has 0 aliphatic rings. The number of hydrogen-bond acceptors (Lipinski definition) is 2. The number of alkyl halides is 3. The third-order valence-electron chi connectivity index (χ3n) is 4.67. The van der Waals surface area contributed by atoms with Crippen molar-refractivity contribution in [1.29, 1.82) is 0 Å². The summed E-state index contributed by atoms with van der Waals surface area (Å²) >= 11 is 3.07. The van der Waals surface area contributed by atoms with Gasteiger partial charge in [-0.1, -0.05) is 36.7 Å². The molecule has 1 rings (SSSR count). The highest BCUT2D eigenvalue weighted by atomic mass is 79.9. The predicted octanol–water partition coefficient (Wildman–Crippen LogP) is 5.37. The van der Waals surface area contributed by atoms with Crippen LogP contribution in [0.4, 0.5) is 17.6 Å². The molecule has 0 amide bonds. The summed E-state index contributed by atoms with van der Waals surface area (Å²) in [5, 5.41) is -0.212. The zero-order valence-corrected chi connectivity index (χ0v) is 17.1. The number of hydrogen-bond donors (Lipinski definition) is 1. The largest absolute Gasteiger partial charge is 0.414 e. The summed E-state index contributed by atoms with van der Waals surface area (Å²) in [6.45, 7) is 8.99. The van der Waals surface area contributed by atoms with Crippen LogP contribution >= 0.6 is 15.9 Å². The minimum atomic E-state index is -3.29. The van der Waals surface area contributed by atoms with Crippen molar-refractivity contribution < 1.29 is 22.0 Å². The lowest BCUT2D eigenvalue weighted by Crippen LogP contribution is -2.55. The Hall–Kier alpha value is -0.443. The van der Waals surface area contributed by atoms with E-state index in [1.807, 2.05) is 33.9 Å². The van der Waals surface area contributed by atoms with E-state index in [9.17, 15) is 17.6 Å². The molecule has 2 N–H and O–H groups in total.